The summed E-state index contributed by atoms with van der Waals surface area (Å²) in [5, 5.41) is 6.27. The van der Waals surface area contributed by atoms with E-state index >= 15 is 0 Å². The van der Waals surface area contributed by atoms with Crippen LogP contribution in [0.1, 0.15) is 45.4 Å². The number of hydrogen-bond donors (Lipinski definition) is 2. The number of nitrogens with zero attached hydrogens (tertiary/aromatic N) is 1. The highest BCUT2D eigenvalue weighted by Crippen LogP contribution is 2.25. The lowest BCUT2D eigenvalue weighted by atomic mass is 9.90. The molecule has 2 fully saturated rings. The van der Waals surface area contributed by atoms with Crippen molar-refractivity contribution in [3.05, 3.63) is 0 Å². The second-order valence-corrected chi connectivity index (χ2v) is 7.19. The van der Waals surface area contributed by atoms with E-state index in [4.69, 9.17) is 4.74 Å². The van der Waals surface area contributed by atoms with E-state index in [0.717, 1.165) is 32.4 Å². The fraction of sp³-hybridized carbons (Fsp3) is 0.889. The maximum atomic E-state index is 12.6. The number of rotatable bonds is 7. The van der Waals surface area contributed by atoms with E-state index in [1.54, 1.807) is 7.11 Å². The second kappa shape index (κ2) is 9.99. The number of amides is 2. The van der Waals surface area contributed by atoms with Crippen LogP contribution < -0.4 is 10.6 Å². The highest BCUT2D eigenvalue weighted by molar-refractivity contribution is 5.81. The van der Waals surface area contributed by atoms with Gasteiger partial charge in [0, 0.05) is 32.7 Å². The number of ether oxygens (including phenoxy) is 1. The van der Waals surface area contributed by atoms with Crippen molar-refractivity contribution >= 4 is 11.8 Å². The van der Waals surface area contributed by atoms with Crippen LogP contribution in [-0.4, -0.2) is 62.7 Å². The minimum atomic E-state index is -0.0825. The summed E-state index contributed by atoms with van der Waals surface area (Å²) in [6.07, 6.45) is 5.71. The van der Waals surface area contributed by atoms with Crippen molar-refractivity contribution in [3.8, 4) is 0 Å². The molecule has 2 unspecified atom stereocenters. The minimum absolute atomic E-state index is 0.0510. The molecule has 6 nitrogen and oxygen atoms in total. The number of nitrogens with one attached hydrogen (secondary N) is 2. The molecular formula is C18H33N3O3. The summed E-state index contributed by atoms with van der Waals surface area (Å²) in [5.41, 5.74) is 0. The molecule has 2 aliphatic rings. The van der Waals surface area contributed by atoms with E-state index < -0.39 is 0 Å². The molecule has 0 aromatic carbocycles. The Morgan fingerprint density at radius 1 is 1.21 bits per heavy atom. The van der Waals surface area contributed by atoms with Crippen molar-refractivity contribution in [2.45, 2.75) is 51.5 Å². The summed E-state index contributed by atoms with van der Waals surface area (Å²) < 4.78 is 4.96. The largest absolute Gasteiger partial charge is 0.383 e. The minimum Gasteiger partial charge on any atom is -0.383 e. The third-order valence-electron chi connectivity index (χ3n) is 5.40. The fourth-order valence-corrected chi connectivity index (χ4v) is 3.73. The topological polar surface area (TPSA) is 70.7 Å². The molecule has 2 atom stereocenters. The van der Waals surface area contributed by atoms with E-state index in [2.05, 4.69) is 17.6 Å². The van der Waals surface area contributed by atoms with Gasteiger partial charge in [-0.25, -0.2) is 0 Å². The Morgan fingerprint density at radius 3 is 2.67 bits per heavy atom. The Hall–Kier alpha value is -1.14. The molecule has 0 bridgehead atoms. The normalized spacial score (nSPS) is 25.5. The molecule has 0 saturated carbocycles. The average molecular weight is 339 g/mol. The summed E-state index contributed by atoms with van der Waals surface area (Å²) in [6.45, 7) is 5.86. The number of piperidine rings is 2. The van der Waals surface area contributed by atoms with E-state index in [1.807, 2.05) is 4.90 Å². The molecule has 0 aromatic heterocycles. The Labute approximate surface area is 145 Å². The monoisotopic (exact) mass is 339 g/mol. The number of carbonyl (C=O) groups is 2. The molecule has 2 amide bonds. The molecule has 0 aromatic rings. The van der Waals surface area contributed by atoms with Gasteiger partial charge in [0.25, 0.3) is 0 Å². The first-order valence-corrected chi connectivity index (χ1v) is 9.38. The van der Waals surface area contributed by atoms with Gasteiger partial charge in [-0.2, -0.15) is 0 Å². The van der Waals surface area contributed by atoms with Crippen molar-refractivity contribution in [1.29, 1.82) is 0 Å². The summed E-state index contributed by atoms with van der Waals surface area (Å²) >= 11 is 0. The van der Waals surface area contributed by atoms with E-state index in [1.165, 1.54) is 12.8 Å². The average Bonchev–Trinajstić information content (AvgIpc) is 2.61. The van der Waals surface area contributed by atoms with Crippen LogP contribution in [0.15, 0.2) is 0 Å². The van der Waals surface area contributed by atoms with Gasteiger partial charge in [0.15, 0.2) is 0 Å². The standard InChI is InChI=1S/C18H33N3O3/c1-14-3-5-16(18(23)20-11-12-24-2)13-21(14)17(22)6-4-15-7-9-19-10-8-15/h14-16,19H,3-13H2,1-2H3,(H,20,23). The summed E-state index contributed by atoms with van der Waals surface area (Å²) in [4.78, 5) is 26.8. The highest BCUT2D eigenvalue weighted by atomic mass is 16.5. The molecule has 0 radical (unpaired) electrons. The fourth-order valence-electron chi connectivity index (χ4n) is 3.73. The van der Waals surface area contributed by atoms with E-state index in [-0.39, 0.29) is 23.8 Å². The van der Waals surface area contributed by atoms with Crippen LogP contribution in [0.3, 0.4) is 0 Å². The molecule has 0 aliphatic carbocycles. The van der Waals surface area contributed by atoms with E-state index in [9.17, 15) is 9.59 Å². The van der Waals surface area contributed by atoms with Gasteiger partial charge in [-0.05, 0) is 58.0 Å². The SMILES string of the molecule is COCCNC(=O)C1CCC(C)N(C(=O)CCC2CCNCC2)C1. The second-order valence-electron chi connectivity index (χ2n) is 7.19. The molecule has 0 spiro atoms. The van der Waals surface area contributed by atoms with Crippen molar-refractivity contribution in [3.63, 3.8) is 0 Å². The number of hydrogen-bond acceptors (Lipinski definition) is 4. The zero-order valence-corrected chi connectivity index (χ0v) is 15.2. The maximum Gasteiger partial charge on any atom is 0.224 e. The Balaban J connectivity index is 1.78. The van der Waals surface area contributed by atoms with Crippen molar-refractivity contribution in [2.24, 2.45) is 11.8 Å². The van der Waals surface area contributed by atoms with Gasteiger partial charge >= 0.3 is 0 Å². The number of carbonyl (C=O) groups excluding carboxylic acids is 2. The number of likely N-dealkylation sites (tertiary alicyclic amines) is 1. The molecule has 2 N–H and O–H groups in total. The van der Waals surface area contributed by atoms with Gasteiger partial charge in [0.1, 0.15) is 0 Å². The van der Waals surface area contributed by atoms with Gasteiger partial charge in [0.05, 0.1) is 12.5 Å². The van der Waals surface area contributed by atoms with Crippen LogP contribution in [0.4, 0.5) is 0 Å². The number of methoxy groups -OCH3 is 1. The highest BCUT2D eigenvalue weighted by Gasteiger charge is 2.32. The molecule has 24 heavy (non-hydrogen) atoms. The van der Waals surface area contributed by atoms with E-state index in [0.29, 0.717) is 32.0 Å². The zero-order chi connectivity index (χ0) is 17.4. The summed E-state index contributed by atoms with van der Waals surface area (Å²) in [7, 11) is 1.62. The van der Waals surface area contributed by atoms with Crippen molar-refractivity contribution in [2.75, 3.05) is 39.9 Å². The van der Waals surface area contributed by atoms with Crippen LogP contribution in [0.2, 0.25) is 0 Å². The molecule has 2 rings (SSSR count). The van der Waals surface area contributed by atoms with Crippen LogP contribution in [0, 0.1) is 11.8 Å². The molecule has 2 saturated heterocycles. The predicted octanol–water partition coefficient (Wildman–Crippen LogP) is 1.16. The quantitative estimate of drug-likeness (QED) is 0.683. The Kier molecular flexibility index (Phi) is 7.99. The lowest BCUT2D eigenvalue weighted by Crippen LogP contribution is -2.49. The molecule has 2 aliphatic heterocycles. The third kappa shape index (κ3) is 5.74. The van der Waals surface area contributed by atoms with Crippen molar-refractivity contribution < 1.29 is 14.3 Å². The Bertz CT molecular complexity index is 410. The molecular weight excluding hydrogens is 306 g/mol. The first kappa shape index (κ1) is 19.2. The van der Waals surface area contributed by atoms with Gasteiger partial charge in [-0.15, -0.1) is 0 Å². The molecule has 138 valence electrons. The third-order valence-corrected chi connectivity index (χ3v) is 5.40. The first-order chi connectivity index (χ1) is 11.6. The lowest BCUT2D eigenvalue weighted by Gasteiger charge is -2.38. The van der Waals surface area contributed by atoms with Gasteiger partial charge in [-0.3, -0.25) is 9.59 Å². The van der Waals surface area contributed by atoms with Crippen LogP contribution in [0.5, 0.6) is 0 Å². The lowest BCUT2D eigenvalue weighted by molar-refractivity contribution is -0.138. The summed E-state index contributed by atoms with van der Waals surface area (Å²) in [5.74, 6) is 0.856. The van der Waals surface area contributed by atoms with Gasteiger partial charge < -0.3 is 20.3 Å². The van der Waals surface area contributed by atoms with Gasteiger partial charge in [-0.1, -0.05) is 0 Å². The van der Waals surface area contributed by atoms with Crippen LogP contribution in [-0.2, 0) is 14.3 Å². The smallest absolute Gasteiger partial charge is 0.224 e. The Morgan fingerprint density at radius 2 is 1.96 bits per heavy atom. The van der Waals surface area contributed by atoms with Gasteiger partial charge in [0.2, 0.25) is 11.8 Å². The molecule has 2 heterocycles. The summed E-state index contributed by atoms with van der Waals surface area (Å²) in [6, 6.07) is 0.244. The maximum absolute atomic E-state index is 12.6. The predicted molar refractivity (Wildman–Crippen MR) is 93.6 cm³/mol. The van der Waals surface area contributed by atoms with Crippen LogP contribution in [0.25, 0.3) is 0 Å². The van der Waals surface area contributed by atoms with Crippen LogP contribution >= 0.6 is 0 Å². The molecule has 6 heteroatoms. The zero-order valence-electron chi connectivity index (χ0n) is 15.2. The first-order valence-electron chi connectivity index (χ1n) is 9.38. The van der Waals surface area contributed by atoms with Crippen molar-refractivity contribution in [1.82, 2.24) is 15.5 Å².